The molecule has 1 aliphatic rings. The van der Waals surface area contributed by atoms with Crippen LogP contribution in [0, 0.1) is 11.3 Å². The van der Waals surface area contributed by atoms with E-state index in [1.807, 2.05) is 30.3 Å². The van der Waals surface area contributed by atoms with E-state index in [1.165, 1.54) is 12.1 Å². The van der Waals surface area contributed by atoms with Gasteiger partial charge in [0.25, 0.3) is 0 Å². The summed E-state index contributed by atoms with van der Waals surface area (Å²) in [5.41, 5.74) is 2.08. The largest absolute Gasteiger partial charge is 0.454 e. The number of ether oxygens (including phenoxy) is 2. The maximum Gasteiger partial charge on any atom is 0.411 e. The molecule has 0 aliphatic carbocycles. The van der Waals surface area contributed by atoms with Crippen LogP contribution in [0.25, 0.3) is 0 Å². The molecule has 0 radical (unpaired) electrons. The predicted molar refractivity (Wildman–Crippen MR) is 118 cm³/mol. The Balaban J connectivity index is 1.71. The zero-order valence-corrected chi connectivity index (χ0v) is 17.9. The van der Waals surface area contributed by atoms with Gasteiger partial charge in [-0.3, -0.25) is 10.1 Å². The summed E-state index contributed by atoms with van der Waals surface area (Å²) in [7, 11) is 3.52. The summed E-state index contributed by atoms with van der Waals surface area (Å²) in [5, 5.41) is 12.1. The zero-order chi connectivity index (χ0) is 23.3. The molecular formula is C23H22N4O5. The van der Waals surface area contributed by atoms with Crippen molar-refractivity contribution in [2.24, 2.45) is 0 Å². The van der Waals surface area contributed by atoms with Crippen LogP contribution in [-0.2, 0) is 14.3 Å². The molecule has 0 saturated heterocycles. The molecule has 0 unspecified atom stereocenters. The molecule has 0 aromatic heterocycles. The Morgan fingerprint density at radius 1 is 1.00 bits per heavy atom. The Morgan fingerprint density at radius 2 is 1.66 bits per heavy atom. The lowest BCUT2D eigenvalue weighted by Gasteiger charge is -2.19. The Bertz CT molecular complexity index is 1100. The smallest absolute Gasteiger partial charge is 0.411 e. The van der Waals surface area contributed by atoms with Crippen molar-refractivity contribution in [2.45, 2.75) is 6.92 Å². The molecule has 32 heavy (non-hydrogen) atoms. The first kappa shape index (κ1) is 22.4. The van der Waals surface area contributed by atoms with Crippen LogP contribution in [0.2, 0.25) is 0 Å². The number of para-hydroxylation sites is 2. The van der Waals surface area contributed by atoms with E-state index in [2.05, 4.69) is 5.32 Å². The van der Waals surface area contributed by atoms with Crippen LogP contribution in [0.3, 0.4) is 0 Å². The number of amides is 1. The van der Waals surface area contributed by atoms with E-state index in [0.717, 1.165) is 11.4 Å². The molecule has 2 aromatic rings. The molecule has 164 valence electrons. The predicted octanol–water partition coefficient (Wildman–Crippen LogP) is 3.30. The highest BCUT2D eigenvalue weighted by atomic mass is 16.5. The van der Waals surface area contributed by atoms with Crippen molar-refractivity contribution in [3.63, 3.8) is 0 Å². The van der Waals surface area contributed by atoms with Gasteiger partial charge in [0.1, 0.15) is 17.5 Å². The number of nitriles is 1. The SMILES string of the molecule is CCOC(=O)Nc1cccc(C(=O)OCC(=O)C(C#N)=C2N(C)c3ccccc3N2C)c1. The summed E-state index contributed by atoms with van der Waals surface area (Å²) >= 11 is 0. The first-order valence-corrected chi connectivity index (χ1v) is 9.82. The van der Waals surface area contributed by atoms with Crippen molar-refractivity contribution in [1.82, 2.24) is 0 Å². The summed E-state index contributed by atoms with van der Waals surface area (Å²) in [6.07, 6.45) is -0.649. The lowest BCUT2D eigenvalue weighted by molar-refractivity contribution is -0.118. The van der Waals surface area contributed by atoms with Crippen LogP contribution in [0.5, 0.6) is 0 Å². The fourth-order valence-corrected chi connectivity index (χ4v) is 3.35. The van der Waals surface area contributed by atoms with Crippen LogP contribution in [-0.4, -0.2) is 45.2 Å². The quantitative estimate of drug-likeness (QED) is 0.419. The van der Waals surface area contributed by atoms with Crippen molar-refractivity contribution in [3.05, 3.63) is 65.5 Å². The number of hydrogen-bond donors (Lipinski definition) is 1. The van der Waals surface area contributed by atoms with Crippen LogP contribution < -0.4 is 15.1 Å². The molecule has 1 heterocycles. The lowest BCUT2D eigenvalue weighted by Crippen LogP contribution is -2.27. The zero-order valence-electron chi connectivity index (χ0n) is 17.9. The molecule has 9 nitrogen and oxygen atoms in total. The van der Waals surface area contributed by atoms with Gasteiger partial charge in [0, 0.05) is 19.8 Å². The minimum atomic E-state index is -0.760. The molecular weight excluding hydrogens is 412 g/mol. The molecule has 0 spiro atoms. The molecule has 0 saturated carbocycles. The van der Waals surface area contributed by atoms with Crippen molar-refractivity contribution in [3.8, 4) is 6.07 Å². The normalized spacial score (nSPS) is 12.0. The number of esters is 1. The molecule has 9 heteroatoms. The highest BCUT2D eigenvalue weighted by Gasteiger charge is 2.31. The van der Waals surface area contributed by atoms with Gasteiger partial charge in [0.15, 0.2) is 6.61 Å². The van der Waals surface area contributed by atoms with Gasteiger partial charge in [-0.25, -0.2) is 9.59 Å². The van der Waals surface area contributed by atoms with E-state index >= 15 is 0 Å². The molecule has 0 fully saturated rings. The Kier molecular flexibility index (Phi) is 6.75. The van der Waals surface area contributed by atoms with E-state index in [-0.39, 0.29) is 17.7 Å². The third kappa shape index (κ3) is 4.54. The lowest BCUT2D eigenvalue weighted by atomic mass is 10.1. The molecule has 0 bridgehead atoms. The summed E-state index contributed by atoms with van der Waals surface area (Å²) in [4.78, 5) is 40.2. The van der Waals surface area contributed by atoms with Gasteiger partial charge in [-0.05, 0) is 37.3 Å². The topological polar surface area (TPSA) is 112 Å². The number of benzene rings is 2. The Morgan fingerprint density at radius 3 is 2.25 bits per heavy atom. The highest BCUT2D eigenvalue weighted by molar-refractivity contribution is 6.04. The second-order valence-electron chi connectivity index (χ2n) is 6.84. The number of carbonyl (C=O) groups excluding carboxylic acids is 3. The molecule has 1 N–H and O–H groups in total. The fraction of sp³-hybridized carbons (Fsp3) is 0.217. The average molecular weight is 434 g/mol. The van der Waals surface area contributed by atoms with Crippen LogP contribution in [0.15, 0.2) is 59.9 Å². The summed E-state index contributed by atoms with van der Waals surface area (Å²) in [5.74, 6) is -0.969. The molecule has 1 aliphatic heterocycles. The Hall–Kier alpha value is -4.32. The van der Waals surface area contributed by atoms with Gasteiger partial charge in [-0.15, -0.1) is 0 Å². The molecule has 0 atom stereocenters. The van der Waals surface area contributed by atoms with Gasteiger partial charge in [0.2, 0.25) is 5.78 Å². The minimum absolute atomic E-state index is 0.114. The third-order valence-electron chi connectivity index (χ3n) is 4.81. The number of hydrogen-bond acceptors (Lipinski definition) is 8. The minimum Gasteiger partial charge on any atom is -0.454 e. The number of carbonyl (C=O) groups is 3. The van der Waals surface area contributed by atoms with Crippen molar-refractivity contribution < 1.29 is 23.9 Å². The standard InChI is InChI=1S/C23H22N4O5/c1-4-31-23(30)25-16-9-7-8-15(12-16)22(29)32-14-20(28)17(13-24)21-26(2)18-10-5-6-11-19(18)27(21)3/h5-12H,4,14H2,1-3H3,(H,25,30). The number of anilines is 3. The van der Waals surface area contributed by atoms with Gasteiger partial charge in [-0.1, -0.05) is 18.2 Å². The summed E-state index contributed by atoms with van der Waals surface area (Å²) in [6, 6.07) is 15.5. The van der Waals surface area contributed by atoms with Crippen molar-refractivity contribution in [1.29, 1.82) is 5.26 Å². The molecule has 1 amide bonds. The summed E-state index contributed by atoms with van der Waals surface area (Å²) in [6.45, 7) is 1.29. The highest BCUT2D eigenvalue weighted by Crippen LogP contribution is 2.40. The summed E-state index contributed by atoms with van der Waals surface area (Å²) < 4.78 is 9.93. The monoisotopic (exact) mass is 434 g/mol. The van der Waals surface area contributed by atoms with Crippen LogP contribution >= 0.6 is 0 Å². The van der Waals surface area contributed by atoms with Crippen molar-refractivity contribution >= 4 is 34.9 Å². The second kappa shape index (κ2) is 9.66. The van der Waals surface area contributed by atoms with E-state index in [4.69, 9.17) is 9.47 Å². The van der Waals surface area contributed by atoms with E-state index < -0.39 is 24.5 Å². The second-order valence-corrected chi connectivity index (χ2v) is 6.84. The maximum absolute atomic E-state index is 12.7. The number of fused-ring (bicyclic) bond motifs is 1. The molecule has 3 rings (SSSR count). The van der Waals surface area contributed by atoms with Crippen LogP contribution in [0.4, 0.5) is 21.9 Å². The average Bonchev–Trinajstić information content (AvgIpc) is 3.04. The number of nitrogens with zero attached hydrogens (tertiary/aromatic N) is 3. The fourth-order valence-electron chi connectivity index (χ4n) is 3.35. The first-order chi connectivity index (χ1) is 15.4. The maximum atomic E-state index is 12.7. The van der Waals surface area contributed by atoms with E-state index in [1.54, 1.807) is 43.0 Å². The third-order valence-corrected chi connectivity index (χ3v) is 4.81. The van der Waals surface area contributed by atoms with Gasteiger partial charge in [-0.2, -0.15) is 5.26 Å². The van der Waals surface area contributed by atoms with Gasteiger partial charge >= 0.3 is 12.1 Å². The first-order valence-electron chi connectivity index (χ1n) is 9.82. The van der Waals surface area contributed by atoms with Gasteiger partial charge in [0.05, 0.1) is 23.5 Å². The van der Waals surface area contributed by atoms with Gasteiger partial charge < -0.3 is 19.3 Å². The number of nitrogens with one attached hydrogen (secondary N) is 1. The van der Waals surface area contributed by atoms with Crippen molar-refractivity contribution in [2.75, 3.05) is 42.4 Å². The van der Waals surface area contributed by atoms with E-state index in [9.17, 15) is 19.6 Å². The Labute approximate surface area is 185 Å². The van der Waals surface area contributed by atoms with Crippen LogP contribution in [0.1, 0.15) is 17.3 Å². The van der Waals surface area contributed by atoms with E-state index in [0.29, 0.717) is 11.5 Å². The molecule has 2 aromatic carbocycles. The number of rotatable bonds is 6. The number of ketones is 1. The number of Topliss-reactive ketones (excluding diaryl/α,β-unsaturated/α-hetero) is 1.